The lowest BCUT2D eigenvalue weighted by atomic mass is 9.94. The Bertz CT molecular complexity index is 1020. The summed E-state index contributed by atoms with van der Waals surface area (Å²) in [7, 11) is 0. The molecule has 6 heteroatoms. The number of rotatable bonds is 6. The molecule has 0 aromatic heterocycles. The zero-order valence-corrected chi connectivity index (χ0v) is 15.7. The van der Waals surface area contributed by atoms with E-state index >= 15 is 0 Å². The minimum Gasteiger partial charge on any atom is -0.479 e. The largest absolute Gasteiger partial charge is 0.479 e. The molecule has 1 aliphatic heterocycles. The lowest BCUT2D eigenvalue weighted by molar-refractivity contribution is -0.124. The number of nitrogens with one attached hydrogen (secondary N) is 2. The molecule has 6 nitrogen and oxygen atoms in total. The van der Waals surface area contributed by atoms with Crippen LogP contribution in [0.3, 0.4) is 0 Å². The maximum atomic E-state index is 12.8. The predicted octanol–water partition coefficient (Wildman–Crippen LogP) is 3.02. The second kappa shape index (κ2) is 8.16. The van der Waals surface area contributed by atoms with E-state index < -0.39 is 12.0 Å². The van der Waals surface area contributed by atoms with Crippen molar-refractivity contribution in [1.82, 2.24) is 5.32 Å². The van der Waals surface area contributed by atoms with Crippen molar-refractivity contribution < 1.29 is 14.3 Å². The van der Waals surface area contributed by atoms with Crippen molar-refractivity contribution in [2.24, 2.45) is 5.73 Å². The molecule has 0 spiro atoms. The monoisotopic (exact) mass is 387 g/mol. The van der Waals surface area contributed by atoms with Gasteiger partial charge in [-0.05, 0) is 41.5 Å². The Morgan fingerprint density at radius 3 is 2.38 bits per heavy atom. The fourth-order valence-electron chi connectivity index (χ4n) is 3.40. The Hall–Kier alpha value is -3.64. The third kappa shape index (κ3) is 4.12. The topological polar surface area (TPSA) is 93.5 Å². The molecule has 3 aromatic rings. The molecule has 4 N–H and O–H groups in total. The zero-order chi connectivity index (χ0) is 20.2. The van der Waals surface area contributed by atoms with Gasteiger partial charge in [0.1, 0.15) is 5.75 Å². The molecule has 0 saturated heterocycles. The van der Waals surface area contributed by atoms with Gasteiger partial charge >= 0.3 is 0 Å². The number of primary amides is 1. The summed E-state index contributed by atoms with van der Waals surface area (Å²) in [5, 5.41) is 6.36. The van der Waals surface area contributed by atoms with Gasteiger partial charge in [-0.25, -0.2) is 0 Å². The van der Waals surface area contributed by atoms with Gasteiger partial charge in [-0.2, -0.15) is 0 Å². The first-order chi connectivity index (χ1) is 14.1. The quantitative estimate of drug-likeness (QED) is 0.606. The number of carbonyl (C=O) groups excluding carboxylic acids is 2. The first kappa shape index (κ1) is 18.7. The summed E-state index contributed by atoms with van der Waals surface area (Å²) >= 11 is 0. The molecule has 4 rings (SSSR count). The van der Waals surface area contributed by atoms with Crippen molar-refractivity contribution in [3.8, 4) is 5.75 Å². The summed E-state index contributed by atoms with van der Waals surface area (Å²) in [5.41, 5.74) is 8.46. The normalized spacial score (nSPS) is 17.9. The van der Waals surface area contributed by atoms with E-state index in [9.17, 15) is 9.59 Å². The molecule has 3 aromatic carbocycles. The number of amides is 2. The molecular formula is C23H21N3O3. The molecule has 0 fully saturated rings. The number of nitrogens with two attached hydrogens (primary N) is 1. The van der Waals surface area contributed by atoms with Crippen LogP contribution in [-0.4, -0.2) is 17.9 Å². The number of hydrogen-bond donors (Lipinski definition) is 3. The molecule has 1 heterocycles. The fourth-order valence-corrected chi connectivity index (χ4v) is 3.40. The fraction of sp³-hybridized carbons (Fsp3) is 0.130. The van der Waals surface area contributed by atoms with Crippen molar-refractivity contribution in [3.63, 3.8) is 0 Å². The molecule has 2 atom stereocenters. The van der Waals surface area contributed by atoms with Crippen LogP contribution in [0.4, 0.5) is 5.69 Å². The van der Waals surface area contributed by atoms with E-state index in [1.807, 2.05) is 66.7 Å². The van der Waals surface area contributed by atoms with Crippen LogP contribution in [0, 0.1) is 0 Å². The molecule has 0 unspecified atom stereocenters. The highest BCUT2D eigenvalue weighted by Crippen LogP contribution is 2.33. The Kier molecular flexibility index (Phi) is 5.27. The smallest absolute Gasteiger partial charge is 0.267 e. The van der Waals surface area contributed by atoms with Crippen LogP contribution in [-0.2, 0) is 11.3 Å². The second-order valence-electron chi connectivity index (χ2n) is 6.85. The standard InChI is InChI=1S/C23H21N3O3/c24-22(27)16-12-10-15(11-13-16)14-25-20-18-8-4-5-9-19(18)26-23(28)21(20)29-17-6-2-1-3-7-17/h1-13,20-21,25H,14H2,(H2,24,27)(H,26,28)/t20-,21+/m0/s1. The SMILES string of the molecule is NC(=O)c1ccc(CN[C@H]2c3ccccc3NC(=O)[C@@H]2Oc2ccccc2)cc1. The van der Waals surface area contributed by atoms with E-state index in [-0.39, 0.29) is 11.9 Å². The average molecular weight is 387 g/mol. The minimum atomic E-state index is -0.725. The predicted molar refractivity (Wildman–Crippen MR) is 110 cm³/mol. The number of benzene rings is 3. The Morgan fingerprint density at radius 1 is 0.966 bits per heavy atom. The van der Waals surface area contributed by atoms with Gasteiger partial charge in [0.05, 0.1) is 6.04 Å². The van der Waals surface area contributed by atoms with Crippen LogP contribution in [0.15, 0.2) is 78.9 Å². The third-order valence-electron chi connectivity index (χ3n) is 4.89. The molecule has 0 saturated carbocycles. The molecule has 0 aliphatic carbocycles. The zero-order valence-electron chi connectivity index (χ0n) is 15.7. The maximum absolute atomic E-state index is 12.8. The molecule has 0 bridgehead atoms. The summed E-state index contributed by atoms with van der Waals surface area (Å²) < 4.78 is 6.04. The number of carbonyl (C=O) groups is 2. The van der Waals surface area contributed by atoms with Gasteiger partial charge in [0, 0.05) is 17.8 Å². The van der Waals surface area contributed by atoms with Crippen LogP contribution >= 0.6 is 0 Å². The number of ether oxygens (including phenoxy) is 1. The Morgan fingerprint density at radius 2 is 1.66 bits per heavy atom. The van der Waals surface area contributed by atoms with Crippen LogP contribution < -0.4 is 21.1 Å². The van der Waals surface area contributed by atoms with Gasteiger partial charge in [-0.15, -0.1) is 0 Å². The van der Waals surface area contributed by atoms with Crippen molar-refractivity contribution in [3.05, 3.63) is 95.6 Å². The van der Waals surface area contributed by atoms with Crippen LogP contribution in [0.5, 0.6) is 5.75 Å². The van der Waals surface area contributed by atoms with Gasteiger partial charge in [0.15, 0.2) is 6.10 Å². The number of para-hydroxylation sites is 2. The van der Waals surface area contributed by atoms with Gasteiger partial charge in [-0.3, -0.25) is 9.59 Å². The molecule has 29 heavy (non-hydrogen) atoms. The van der Waals surface area contributed by atoms with Gasteiger partial charge < -0.3 is 21.1 Å². The summed E-state index contributed by atoms with van der Waals surface area (Å²) in [6.45, 7) is 0.500. The molecule has 2 amide bonds. The second-order valence-corrected chi connectivity index (χ2v) is 6.85. The first-order valence-electron chi connectivity index (χ1n) is 9.35. The first-order valence-corrected chi connectivity index (χ1v) is 9.35. The highest BCUT2D eigenvalue weighted by atomic mass is 16.5. The molecule has 1 aliphatic rings. The molecule has 0 radical (unpaired) electrons. The van der Waals surface area contributed by atoms with Crippen LogP contribution in [0.2, 0.25) is 0 Å². The van der Waals surface area contributed by atoms with E-state index in [0.717, 1.165) is 16.8 Å². The van der Waals surface area contributed by atoms with E-state index in [1.54, 1.807) is 12.1 Å². The highest BCUT2D eigenvalue weighted by molar-refractivity contribution is 5.98. The number of fused-ring (bicyclic) bond motifs is 1. The van der Waals surface area contributed by atoms with E-state index in [4.69, 9.17) is 10.5 Å². The summed E-state index contributed by atoms with van der Waals surface area (Å²) in [6.07, 6.45) is -0.725. The van der Waals surface area contributed by atoms with Crippen LogP contribution in [0.25, 0.3) is 0 Å². The van der Waals surface area contributed by atoms with Gasteiger partial charge in [0.2, 0.25) is 5.91 Å². The van der Waals surface area contributed by atoms with Gasteiger partial charge in [-0.1, -0.05) is 48.5 Å². The van der Waals surface area contributed by atoms with Gasteiger partial charge in [0.25, 0.3) is 5.91 Å². The maximum Gasteiger partial charge on any atom is 0.267 e. The third-order valence-corrected chi connectivity index (χ3v) is 4.89. The summed E-state index contributed by atoms with van der Waals surface area (Å²) in [6, 6.07) is 23.7. The van der Waals surface area contributed by atoms with Crippen molar-refractivity contribution in [1.29, 1.82) is 0 Å². The molecule has 146 valence electrons. The van der Waals surface area contributed by atoms with E-state index in [1.165, 1.54) is 0 Å². The van der Waals surface area contributed by atoms with E-state index in [2.05, 4.69) is 10.6 Å². The average Bonchev–Trinajstić information content (AvgIpc) is 2.74. The Balaban J connectivity index is 1.58. The number of anilines is 1. The van der Waals surface area contributed by atoms with Crippen molar-refractivity contribution >= 4 is 17.5 Å². The number of hydrogen-bond acceptors (Lipinski definition) is 4. The Labute approximate surface area is 168 Å². The lowest BCUT2D eigenvalue weighted by Crippen LogP contribution is -2.47. The van der Waals surface area contributed by atoms with Crippen LogP contribution in [0.1, 0.15) is 27.5 Å². The van der Waals surface area contributed by atoms with E-state index in [0.29, 0.717) is 17.9 Å². The van der Waals surface area contributed by atoms with Crippen molar-refractivity contribution in [2.45, 2.75) is 18.7 Å². The van der Waals surface area contributed by atoms with Crippen molar-refractivity contribution in [2.75, 3.05) is 5.32 Å². The highest BCUT2D eigenvalue weighted by Gasteiger charge is 2.37. The summed E-state index contributed by atoms with van der Waals surface area (Å²) in [5.74, 6) is -0.0301. The molecular weight excluding hydrogens is 366 g/mol. The summed E-state index contributed by atoms with van der Waals surface area (Å²) in [4.78, 5) is 24.0. The minimum absolute atomic E-state index is 0.200. The lowest BCUT2D eigenvalue weighted by Gasteiger charge is -2.33.